The minimum atomic E-state index is -0.136. The van der Waals surface area contributed by atoms with Crippen LogP contribution >= 0.6 is 0 Å². The Balaban J connectivity index is 1.37. The van der Waals surface area contributed by atoms with E-state index in [4.69, 9.17) is 14.2 Å². The van der Waals surface area contributed by atoms with Crippen LogP contribution in [0, 0.1) is 0 Å². The van der Waals surface area contributed by atoms with Gasteiger partial charge in [0.25, 0.3) is 11.8 Å². The van der Waals surface area contributed by atoms with Crippen LogP contribution in [0.15, 0.2) is 48.5 Å². The molecule has 3 aromatic rings. The van der Waals surface area contributed by atoms with E-state index < -0.39 is 0 Å². The van der Waals surface area contributed by atoms with Crippen molar-refractivity contribution >= 4 is 11.8 Å². The maximum absolute atomic E-state index is 13.0. The Kier molecular flexibility index (Phi) is 7.01. The molecule has 0 radical (unpaired) electrons. The normalized spacial score (nSPS) is 13.5. The number of benzene rings is 2. The van der Waals surface area contributed by atoms with E-state index in [1.807, 2.05) is 31.2 Å². The number of methoxy groups -OCH3 is 2. The number of carbonyl (C=O) groups is 2. The summed E-state index contributed by atoms with van der Waals surface area (Å²) in [6.07, 6.45) is 0. The average Bonchev–Trinajstić information content (AvgIpc) is 3.38. The zero-order chi connectivity index (χ0) is 24.1. The lowest BCUT2D eigenvalue weighted by Gasteiger charge is -2.34. The van der Waals surface area contributed by atoms with Crippen LogP contribution in [0.25, 0.3) is 11.3 Å². The highest BCUT2D eigenvalue weighted by Gasteiger charge is 2.27. The molecule has 1 aliphatic rings. The summed E-state index contributed by atoms with van der Waals surface area (Å²) in [5, 5.41) is 7.14. The second-order valence-corrected chi connectivity index (χ2v) is 7.78. The highest BCUT2D eigenvalue weighted by molar-refractivity contribution is 5.96. The van der Waals surface area contributed by atoms with Crippen molar-refractivity contribution in [2.45, 2.75) is 6.92 Å². The first-order chi connectivity index (χ1) is 16.5. The molecule has 2 aromatic carbocycles. The molecule has 178 valence electrons. The van der Waals surface area contributed by atoms with Gasteiger partial charge in [0, 0.05) is 37.3 Å². The van der Waals surface area contributed by atoms with Crippen molar-refractivity contribution < 1.29 is 23.8 Å². The van der Waals surface area contributed by atoms with Crippen LogP contribution in [0.1, 0.15) is 27.8 Å². The summed E-state index contributed by atoms with van der Waals surface area (Å²) in [6, 6.07) is 14.4. The predicted molar refractivity (Wildman–Crippen MR) is 127 cm³/mol. The molecule has 9 nitrogen and oxygen atoms in total. The number of hydrogen-bond donors (Lipinski definition) is 1. The number of carbonyl (C=O) groups excluding carboxylic acids is 2. The number of aromatic nitrogens is 2. The molecular weight excluding hydrogens is 436 g/mol. The van der Waals surface area contributed by atoms with Gasteiger partial charge in [-0.25, -0.2) is 0 Å². The smallest absolute Gasteiger partial charge is 0.272 e. The molecule has 0 saturated carbocycles. The number of amides is 2. The van der Waals surface area contributed by atoms with Gasteiger partial charge in [0.05, 0.1) is 26.5 Å². The standard InChI is InChI=1S/C25H28N4O5/c1-4-34-19-8-5-17(6-9-19)20-16-21(27-26-20)25(31)29-13-11-28(12-14-29)24(30)18-7-10-22(32-2)23(15-18)33-3/h5-10,15-16H,4,11-14H2,1-3H3,(H,26,27). The Morgan fingerprint density at radius 2 is 1.53 bits per heavy atom. The van der Waals surface area contributed by atoms with E-state index in [0.717, 1.165) is 11.3 Å². The fourth-order valence-electron chi connectivity index (χ4n) is 3.90. The third-order valence-corrected chi connectivity index (χ3v) is 5.75. The van der Waals surface area contributed by atoms with Gasteiger partial charge in [-0.3, -0.25) is 14.7 Å². The van der Waals surface area contributed by atoms with E-state index in [1.54, 1.807) is 41.2 Å². The van der Waals surface area contributed by atoms with E-state index in [2.05, 4.69) is 10.2 Å². The lowest BCUT2D eigenvalue weighted by atomic mass is 10.1. The van der Waals surface area contributed by atoms with Gasteiger partial charge in [-0.1, -0.05) is 0 Å². The zero-order valence-corrected chi connectivity index (χ0v) is 19.5. The highest BCUT2D eigenvalue weighted by atomic mass is 16.5. The Bertz CT molecular complexity index is 1150. The predicted octanol–water partition coefficient (Wildman–Crippen LogP) is 3.09. The van der Waals surface area contributed by atoms with Crippen LogP contribution in [0.3, 0.4) is 0 Å². The minimum absolute atomic E-state index is 0.104. The van der Waals surface area contributed by atoms with Gasteiger partial charge in [0.2, 0.25) is 0 Å². The summed E-state index contributed by atoms with van der Waals surface area (Å²) >= 11 is 0. The molecule has 1 saturated heterocycles. The van der Waals surface area contributed by atoms with Crippen molar-refractivity contribution in [3.05, 3.63) is 59.8 Å². The number of aromatic amines is 1. The lowest BCUT2D eigenvalue weighted by molar-refractivity contribution is 0.0532. The van der Waals surface area contributed by atoms with Gasteiger partial charge >= 0.3 is 0 Å². The van der Waals surface area contributed by atoms with Crippen molar-refractivity contribution in [3.63, 3.8) is 0 Å². The SMILES string of the molecule is CCOc1ccc(-c2cc(C(=O)N3CCN(C(=O)c4ccc(OC)c(OC)c4)CC3)[nH]n2)cc1. The van der Waals surface area contributed by atoms with Crippen LogP contribution < -0.4 is 14.2 Å². The summed E-state index contributed by atoms with van der Waals surface area (Å²) in [5.41, 5.74) is 2.52. The lowest BCUT2D eigenvalue weighted by Crippen LogP contribution is -2.50. The maximum Gasteiger partial charge on any atom is 0.272 e. The van der Waals surface area contributed by atoms with Crippen molar-refractivity contribution in [1.82, 2.24) is 20.0 Å². The second kappa shape index (κ2) is 10.3. The van der Waals surface area contributed by atoms with Crippen molar-refractivity contribution in [2.24, 2.45) is 0 Å². The zero-order valence-electron chi connectivity index (χ0n) is 19.5. The van der Waals surface area contributed by atoms with Crippen molar-refractivity contribution in [1.29, 1.82) is 0 Å². The van der Waals surface area contributed by atoms with Crippen LogP contribution in [-0.4, -0.2) is 78.8 Å². The molecule has 1 aromatic heterocycles. The first-order valence-electron chi connectivity index (χ1n) is 11.1. The van der Waals surface area contributed by atoms with Crippen molar-refractivity contribution in [3.8, 4) is 28.5 Å². The monoisotopic (exact) mass is 464 g/mol. The molecule has 2 amide bonds. The molecule has 1 aliphatic heterocycles. The fourth-order valence-corrected chi connectivity index (χ4v) is 3.90. The molecule has 0 atom stereocenters. The van der Waals surface area contributed by atoms with E-state index in [-0.39, 0.29) is 11.8 Å². The summed E-state index contributed by atoms with van der Waals surface area (Å²) in [7, 11) is 3.09. The number of rotatable bonds is 7. The summed E-state index contributed by atoms with van der Waals surface area (Å²) in [6.45, 7) is 4.31. The molecule has 0 bridgehead atoms. The van der Waals surface area contributed by atoms with Gasteiger partial charge in [-0.2, -0.15) is 5.10 Å². The van der Waals surface area contributed by atoms with Crippen LogP contribution in [-0.2, 0) is 0 Å². The van der Waals surface area contributed by atoms with Gasteiger partial charge in [-0.15, -0.1) is 0 Å². The second-order valence-electron chi connectivity index (χ2n) is 7.78. The number of H-pyrrole nitrogens is 1. The summed E-state index contributed by atoms with van der Waals surface area (Å²) in [5.74, 6) is 1.62. The number of nitrogens with one attached hydrogen (secondary N) is 1. The van der Waals surface area contributed by atoms with E-state index in [0.29, 0.717) is 61.2 Å². The fraction of sp³-hybridized carbons (Fsp3) is 0.320. The first-order valence-corrected chi connectivity index (χ1v) is 11.1. The van der Waals surface area contributed by atoms with E-state index >= 15 is 0 Å². The molecule has 4 rings (SSSR count). The molecule has 2 heterocycles. The topological polar surface area (TPSA) is 97.0 Å². The van der Waals surface area contributed by atoms with Gasteiger partial charge in [0.15, 0.2) is 11.5 Å². The number of nitrogens with zero attached hydrogens (tertiary/aromatic N) is 3. The highest BCUT2D eigenvalue weighted by Crippen LogP contribution is 2.28. The Morgan fingerprint density at radius 1 is 0.882 bits per heavy atom. The number of ether oxygens (including phenoxy) is 3. The molecule has 9 heteroatoms. The number of piperazine rings is 1. The van der Waals surface area contributed by atoms with E-state index in [1.165, 1.54) is 7.11 Å². The van der Waals surface area contributed by atoms with Gasteiger partial charge in [0.1, 0.15) is 11.4 Å². The van der Waals surface area contributed by atoms with Crippen molar-refractivity contribution in [2.75, 3.05) is 47.0 Å². The van der Waals surface area contributed by atoms with Gasteiger partial charge < -0.3 is 24.0 Å². The Morgan fingerprint density at radius 3 is 2.15 bits per heavy atom. The Labute approximate surface area is 198 Å². The third kappa shape index (κ3) is 4.83. The maximum atomic E-state index is 13.0. The van der Waals surface area contributed by atoms with E-state index in [9.17, 15) is 9.59 Å². The largest absolute Gasteiger partial charge is 0.494 e. The first kappa shape index (κ1) is 23.2. The third-order valence-electron chi connectivity index (χ3n) is 5.75. The summed E-state index contributed by atoms with van der Waals surface area (Å²) < 4.78 is 16.0. The quantitative estimate of drug-likeness (QED) is 0.577. The molecule has 34 heavy (non-hydrogen) atoms. The molecule has 0 unspecified atom stereocenters. The van der Waals surface area contributed by atoms with Gasteiger partial charge in [-0.05, 0) is 55.5 Å². The minimum Gasteiger partial charge on any atom is -0.494 e. The molecule has 0 aliphatic carbocycles. The average molecular weight is 465 g/mol. The molecular formula is C25H28N4O5. The van der Waals surface area contributed by atoms with Crippen LogP contribution in [0.4, 0.5) is 0 Å². The Hall–Kier alpha value is -4.01. The molecule has 1 fully saturated rings. The molecule has 1 N–H and O–H groups in total. The van der Waals surface area contributed by atoms with Crippen LogP contribution in [0.5, 0.6) is 17.2 Å². The van der Waals surface area contributed by atoms with Crippen LogP contribution in [0.2, 0.25) is 0 Å². The summed E-state index contributed by atoms with van der Waals surface area (Å²) in [4.78, 5) is 29.4. The number of hydrogen-bond acceptors (Lipinski definition) is 6. The molecule has 0 spiro atoms.